The summed E-state index contributed by atoms with van der Waals surface area (Å²) >= 11 is 1.32. The molecule has 35 heavy (non-hydrogen) atoms. The second kappa shape index (κ2) is 9.68. The smallest absolute Gasteiger partial charge is 0.333 e. The zero-order valence-electron chi connectivity index (χ0n) is 18.5. The molecular formula is C27H22N2O5S. The normalized spacial score (nSPS) is 18.8. The minimum atomic E-state index is -1.04. The summed E-state index contributed by atoms with van der Waals surface area (Å²) in [5.74, 6) is -0.833. The number of thioether (sulfide) groups is 1. The first-order chi connectivity index (χ1) is 17.0. The van der Waals surface area contributed by atoms with Gasteiger partial charge in [0.25, 0.3) is 11.8 Å². The third-order valence-electron chi connectivity index (χ3n) is 5.92. The van der Waals surface area contributed by atoms with E-state index in [2.05, 4.69) is 5.32 Å². The number of rotatable bonds is 7. The van der Waals surface area contributed by atoms with Gasteiger partial charge in [-0.05, 0) is 35.4 Å². The maximum absolute atomic E-state index is 12.8. The van der Waals surface area contributed by atoms with Crippen molar-refractivity contribution in [1.29, 1.82) is 0 Å². The molecule has 0 aliphatic carbocycles. The monoisotopic (exact) mass is 486 g/mol. The van der Waals surface area contributed by atoms with Crippen LogP contribution in [0.3, 0.4) is 0 Å². The Morgan fingerprint density at radius 1 is 0.943 bits per heavy atom. The van der Waals surface area contributed by atoms with Crippen LogP contribution in [-0.2, 0) is 9.59 Å². The van der Waals surface area contributed by atoms with E-state index in [1.807, 2.05) is 60.7 Å². The number of carboxylic acids is 1. The minimum Gasteiger partial charge on any atom is -0.481 e. The Morgan fingerprint density at radius 2 is 1.54 bits per heavy atom. The van der Waals surface area contributed by atoms with E-state index in [9.17, 15) is 14.4 Å². The van der Waals surface area contributed by atoms with Crippen LogP contribution in [0.5, 0.6) is 5.75 Å². The highest BCUT2D eigenvalue weighted by Gasteiger charge is 2.50. The van der Waals surface area contributed by atoms with Crippen LogP contribution in [-0.4, -0.2) is 45.0 Å². The van der Waals surface area contributed by atoms with Crippen LogP contribution < -0.4 is 10.1 Å². The molecule has 1 unspecified atom stereocenters. The van der Waals surface area contributed by atoms with E-state index < -0.39 is 12.0 Å². The maximum Gasteiger partial charge on any atom is 0.333 e. The van der Waals surface area contributed by atoms with Gasteiger partial charge >= 0.3 is 5.97 Å². The molecule has 2 atom stereocenters. The first-order valence-electron chi connectivity index (χ1n) is 11.1. The molecule has 0 spiro atoms. The van der Waals surface area contributed by atoms with Gasteiger partial charge in [0.15, 0.2) is 0 Å². The number of carbonyl (C=O) groups is 3. The summed E-state index contributed by atoms with van der Waals surface area (Å²) in [7, 11) is 0. The number of carboxylic acid groups (broad SMARTS) is 1. The van der Waals surface area contributed by atoms with Crippen molar-refractivity contribution >= 4 is 29.5 Å². The predicted octanol–water partition coefficient (Wildman–Crippen LogP) is 3.84. The lowest BCUT2D eigenvalue weighted by Crippen LogP contribution is -2.68. The zero-order valence-corrected chi connectivity index (χ0v) is 19.4. The van der Waals surface area contributed by atoms with E-state index in [0.29, 0.717) is 11.3 Å². The molecular weight excluding hydrogens is 464 g/mol. The molecule has 176 valence electrons. The van der Waals surface area contributed by atoms with Gasteiger partial charge in [0.2, 0.25) is 0 Å². The van der Waals surface area contributed by atoms with Crippen molar-refractivity contribution in [3.8, 4) is 5.75 Å². The Balaban J connectivity index is 1.26. The first kappa shape index (κ1) is 22.7. The maximum atomic E-state index is 12.8. The van der Waals surface area contributed by atoms with Crippen LogP contribution in [0, 0.1) is 0 Å². The Kier molecular flexibility index (Phi) is 6.29. The van der Waals surface area contributed by atoms with E-state index >= 15 is 0 Å². The number of nitrogens with one attached hydrogen (secondary N) is 1. The Morgan fingerprint density at radius 3 is 2.11 bits per heavy atom. The number of fused-ring (bicyclic) bond motifs is 1. The third-order valence-corrected chi connectivity index (χ3v) is 7.24. The second-order valence-electron chi connectivity index (χ2n) is 8.20. The molecule has 0 saturated carbocycles. The fraction of sp³-hybridized carbons (Fsp3) is 0.148. The Labute approximate surface area is 206 Å². The van der Waals surface area contributed by atoms with Crippen LogP contribution in [0.15, 0.2) is 96.7 Å². The Bertz CT molecular complexity index is 1240. The van der Waals surface area contributed by atoms with Crippen molar-refractivity contribution in [2.45, 2.75) is 17.5 Å². The summed E-state index contributed by atoms with van der Waals surface area (Å²) in [6.45, 7) is 0. The Hall–Kier alpha value is -4.04. The molecule has 7 nitrogen and oxygen atoms in total. The highest BCUT2D eigenvalue weighted by atomic mass is 32.2. The average molecular weight is 487 g/mol. The summed E-state index contributed by atoms with van der Waals surface area (Å²) in [5, 5.41) is 11.6. The van der Waals surface area contributed by atoms with Gasteiger partial charge in [0.1, 0.15) is 23.3 Å². The van der Waals surface area contributed by atoms with Crippen LogP contribution >= 0.6 is 11.8 Å². The van der Waals surface area contributed by atoms with Gasteiger partial charge in [0, 0.05) is 17.5 Å². The van der Waals surface area contributed by atoms with Crippen LogP contribution in [0.25, 0.3) is 0 Å². The summed E-state index contributed by atoms with van der Waals surface area (Å²) in [4.78, 5) is 37.7. The number of β-lactam (4-membered cyclic amide) rings is 1. The van der Waals surface area contributed by atoms with Gasteiger partial charge in [0.05, 0.1) is 5.57 Å². The summed E-state index contributed by atoms with van der Waals surface area (Å²) < 4.78 is 6.30. The summed E-state index contributed by atoms with van der Waals surface area (Å²) in [5.41, 5.74) is 2.60. The van der Waals surface area contributed by atoms with Gasteiger partial charge in [-0.15, -0.1) is 11.8 Å². The van der Waals surface area contributed by atoms with Crippen LogP contribution in [0.4, 0.5) is 0 Å². The summed E-state index contributed by atoms with van der Waals surface area (Å²) in [6, 6.07) is 25.9. The largest absolute Gasteiger partial charge is 0.481 e. The van der Waals surface area contributed by atoms with Crippen molar-refractivity contribution < 1.29 is 24.2 Å². The lowest BCUT2D eigenvalue weighted by atomic mass is 10.0. The van der Waals surface area contributed by atoms with E-state index in [4.69, 9.17) is 9.84 Å². The molecule has 1 fully saturated rings. The number of nitrogens with zero attached hydrogens (tertiary/aromatic N) is 1. The lowest BCUT2D eigenvalue weighted by molar-refractivity contribution is -0.141. The highest BCUT2D eigenvalue weighted by molar-refractivity contribution is 8.00. The second-order valence-corrected chi connectivity index (χ2v) is 9.31. The molecule has 2 aliphatic rings. The molecule has 2 heterocycles. The topological polar surface area (TPSA) is 95.9 Å². The number of amides is 2. The van der Waals surface area contributed by atoms with Crippen molar-refractivity contribution in [3.05, 3.63) is 113 Å². The highest BCUT2D eigenvalue weighted by Crippen LogP contribution is 2.36. The lowest BCUT2D eigenvalue weighted by Gasteiger charge is -2.47. The van der Waals surface area contributed by atoms with E-state index in [1.54, 1.807) is 24.3 Å². The van der Waals surface area contributed by atoms with Crippen LogP contribution in [0.2, 0.25) is 0 Å². The molecule has 5 rings (SSSR count). The van der Waals surface area contributed by atoms with Crippen LogP contribution in [0.1, 0.15) is 27.6 Å². The minimum absolute atomic E-state index is 0.171. The molecule has 3 aromatic carbocycles. The van der Waals surface area contributed by atoms with Crippen molar-refractivity contribution in [3.63, 3.8) is 0 Å². The number of benzene rings is 3. The fourth-order valence-corrected chi connectivity index (χ4v) is 5.31. The first-order valence-corrected chi connectivity index (χ1v) is 12.1. The molecule has 0 bridgehead atoms. The van der Waals surface area contributed by atoms with Gasteiger partial charge < -0.3 is 20.1 Å². The molecule has 1 saturated heterocycles. The average Bonchev–Trinajstić information content (AvgIpc) is 2.91. The van der Waals surface area contributed by atoms with Crippen molar-refractivity contribution in [1.82, 2.24) is 10.2 Å². The van der Waals surface area contributed by atoms with E-state index in [1.165, 1.54) is 22.9 Å². The van der Waals surface area contributed by atoms with Gasteiger partial charge in [-0.1, -0.05) is 60.7 Å². The van der Waals surface area contributed by atoms with Gasteiger partial charge in [-0.2, -0.15) is 0 Å². The predicted molar refractivity (Wildman–Crippen MR) is 132 cm³/mol. The molecule has 0 radical (unpaired) electrons. The number of hydrogen-bond donors (Lipinski definition) is 2. The van der Waals surface area contributed by atoms with Crippen molar-refractivity contribution in [2.24, 2.45) is 0 Å². The number of ether oxygens (including phenoxy) is 1. The van der Waals surface area contributed by atoms with E-state index in [0.717, 1.165) is 11.1 Å². The number of hydrogen-bond acceptors (Lipinski definition) is 5. The number of carbonyl (C=O) groups excluding carboxylic acids is 2. The molecule has 0 aromatic heterocycles. The molecule has 3 aromatic rings. The van der Waals surface area contributed by atoms with E-state index in [-0.39, 0.29) is 34.6 Å². The number of aliphatic carboxylic acids is 1. The standard InChI is InChI=1S/C27H22N2O5S/c30-24(28-22-25(31)29-15-20(27(32)33)16-35-26(22)29)19-11-13-21(14-12-19)34-23(17-7-3-1-4-8-17)18-9-5-2-6-10-18/h1-15,22-23,26H,16H2,(H,28,30)(H,32,33)/t22?,26-/m1/s1. The summed E-state index contributed by atoms with van der Waals surface area (Å²) in [6.07, 6.45) is 1.05. The fourth-order valence-electron chi connectivity index (χ4n) is 4.06. The molecule has 2 amide bonds. The SMILES string of the molecule is O=C(O)C1=CN2C(=O)C(NC(=O)c3ccc(OC(c4ccccc4)c4ccccc4)cc3)[C@H]2SC1. The quantitative estimate of drug-likeness (QED) is 0.493. The molecule has 8 heteroatoms. The third kappa shape index (κ3) is 4.65. The molecule has 2 aliphatic heterocycles. The van der Waals surface area contributed by atoms with Crippen molar-refractivity contribution in [2.75, 3.05) is 5.75 Å². The van der Waals surface area contributed by atoms with Gasteiger partial charge in [-0.3, -0.25) is 9.59 Å². The van der Waals surface area contributed by atoms with Gasteiger partial charge in [-0.25, -0.2) is 4.79 Å². The zero-order chi connectivity index (χ0) is 24.4. The molecule has 2 N–H and O–H groups in total.